The number of sulfonamides is 1. The number of carbonyl (C=O) groups excluding carboxylic acids is 1. The minimum Gasteiger partial charge on any atom is -0.354 e. The monoisotopic (exact) mass is 492 g/mol. The van der Waals surface area contributed by atoms with E-state index in [-0.39, 0.29) is 29.5 Å². The van der Waals surface area contributed by atoms with Crippen LogP contribution in [0, 0.1) is 0 Å². The van der Waals surface area contributed by atoms with Crippen LogP contribution < -0.4 is 4.90 Å². The van der Waals surface area contributed by atoms with E-state index in [4.69, 9.17) is 34.8 Å². The van der Waals surface area contributed by atoms with Crippen LogP contribution in [0.1, 0.15) is 11.6 Å². The molecule has 0 aliphatic carbocycles. The number of hydroxylamine groups is 2. The van der Waals surface area contributed by atoms with E-state index in [1.165, 1.54) is 28.7 Å². The SMILES string of the molecule is O=CN(O)C(CS(=O)(=O)N1CCN(c2ccc(Cl)cn2)CC1)c1ccc(Cl)c(Cl)c1. The van der Waals surface area contributed by atoms with Gasteiger partial charge < -0.3 is 4.90 Å². The van der Waals surface area contributed by atoms with E-state index in [1.54, 1.807) is 12.1 Å². The van der Waals surface area contributed by atoms with Crippen molar-refractivity contribution in [3.05, 3.63) is 57.2 Å². The van der Waals surface area contributed by atoms with Crippen molar-refractivity contribution < 1.29 is 18.4 Å². The van der Waals surface area contributed by atoms with Gasteiger partial charge in [-0.05, 0) is 29.8 Å². The Balaban J connectivity index is 1.72. The predicted octanol–water partition coefficient (Wildman–Crippen LogP) is 3.08. The first-order chi connectivity index (χ1) is 14.2. The normalized spacial score (nSPS) is 16.3. The summed E-state index contributed by atoms with van der Waals surface area (Å²) in [5.41, 5.74) is 0.353. The van der Waals surface area contributed by atoms with Crippen molar-refractivity contribution in [1.29, 1.82) is 0 Å². The molecular formula is C18H19Cl3N4O4S. The number of amides is 1. The van der Waals surface area contributed by atoms with E-state index in [0.29, 0.717) is 34.6 Å². The van der Waals surface area contributed by atoms with Crippen molar-refractivity contribution in [3.63, 3.8) is 0 Å². The van der Waals surface area contributed by atoms with E-state index in [0.717, 1.165) is 0 Å². The molecule has 30 heavy (non-hydrogen) atoms. The molecule has 0 saturated carbocycles. The van der Waals surface area contributed by atoms with Crippen molar-refractivity contribution >= 4 is 57.1 Å². The zero-order valence-electron chi connectivity index (χ0n) is 15.7. The van der Waals surface area contributed by atoms with Crippen LogP contribution in [0.25, 0.3) is 0 Å². The van der Waals surface area contributed by atoms with Crippen LogP contribution in [0.5, 0.6) is 0 Å². The molecule has 162 valence electrons. The van der Waals surface area contributed by atoms with Crippen molar-refractivity contribution in [2.45, 2.75) is 6.04 Å². The molecular weight excluding hydrogens is 475 g/mol. The van der Waals surface area contributed by atoms with Gasteiger partial charge >= 0.3 is 0 Å². The highest BCUT2D eigenvalue weighted by molar-refractivity contribution is 7.89. The maximum atomic E-state index is 13.0. The first-order valence-electron chi connectivity index (χ1n) is 8.93. The number of piperazine rings is 1. The molecule has 1 aromatic heterocycles. The fourth-order valence-corrected chi connectivity index (χ4v) is 5.27. The molecule has 1 N–H and O–H groups in total. The van der Waals surface area contributed by atoms with Crippen LogP contribution in [0.4, 0.5) is 5.82 Å². The number of anilines is 1. The summed E-state index contributed by atoms with van der Waals surface area (Å²) in [7, 11) is -3.79. The van der Waals surface area contributed by atoms with Gasteiger partial charge in [0.05, 0.1) is 26.9 Å². The lowest BCUT2D eigenvalue weighted by atomic mass is 10.1. The molecule has 12 heteroatoms. The first-order valence-corrected chi connectivity index (χ1v) is 11.7. The molecule has 1 aromatic carbocycles. The average molecular weight is 494 g/mol. The highest BCUT2D eigenvalue weighted by Gasteiger charge is 2.32. The highest BCUT2D eigenvalue weighted by Crippen LogP contribution is 2.29. The summed E-state index contributed by atoms with van der Waals surface area (Å²) in [4.78, 5) is 17.4. The van der Waals surface area contributed by atoms with Gasteiger partial charge in [-0.25, -0.2) is 18.5 Å². The van der Waals surface area contributed by atoms with E-state index in [1.807, 2.05) is 4.90 Å². The lowest BCUT2D eigenvalue weighted by Gasteiger charge is -2.35. The van der Waals surface area contributed by atoms with Crippen molar-refractivity contribution in [2.24, 2.45) is 0 Å². The fourth-order valence-electron chi connectivity index (χ4n) is 3.17. The maximum Gasteiger partial charge on any atom is 0.233 e. The molecule has 0 bridgehead atoms. The number of benzene rings is 1. The van der Waals surface area contributed by atoms with Gasteiger partial charge in [0.1, 0.15) is 5.82 Å². The molecule has 1 saturated heterocycles. The molecule has 1 unspecified atom stereocenters. The minimum absolute atomic E-state index is 0.160. The highest BCUT2D eigenvalue weighted by atomic mass is 35.5. The van der Waals surface area contributed by atoms with Gasteiger partial charge in [0.25, 0.3) is 0 Å². The molecule has 1 amide bonds. The number of nitrogens with zero attached hydrogens (tertiary/aromatic N) is 4. The molecule has 1 atom stereocenters. The third-order valence-corrected chi connectivity index (χ3v) is 7.64. The number of rotatable bonds is 7. The van der Waals surface area contributed by atoms with Crippen LogP contribution in [0.15, 0.2) is 36.5 Å². The molecule has 8 nitrogen and oxygen atoms in total. The van der Waals surface area contributed by atoms with Gasteiger partial charge in [-0.1, -0.05) is 40.9 Å². The topological polar surface area (TPSA) is 94.0 Å². The zero-order chi connectivity index (χ0) is 21.9. The van der Waals surface area contributed by atoms with E-state index >= 15 is 0 Å². The van der Waals surface area contributed by atoms with Crippen LogP contribution in [0.3, 0.4) is 0 Å². The van der Waals surface area contributed by atoms with Crippen molar-refractivity contribution in [2.75, 3.05) is 36.8 Å². The van der Waals surface area contributed by atoms with Crippen LogP contribution in [-0.4, -0.2) is 66.3 Å². The maximum absolute atomic E-state index is 13.0. The number of carbonyl (C=O) groups is 1. The van der Waals surface area contributed by atoms with Gasteiger partial charge in [0.15, 0.2) is 0 Å². The Morgan fingerprint density at radius 2 is 1.80 bits per heavy atom. The molecule has 1 aliphatic rings. The number of pyridine rings is 1. The third kappa shape index (κ3) is 5.35. The number of hydrogen-bond donors (Lipinski definition) is 1. The molecule has 1 fully saturated rings. The predicted molar refractivity (Wildman–Crippen MR) is 116 cm³/mol. The molecule has 2 heterocycles. The van der Waals surface area contributed by atoms with Crippen molar-refractivity contribution in [1.82, 2.24) is 14.4 Å². The smallest absolute Gasteiger partial charge is 0.233 e. The standard InChI is InChI=1S/C18H19Cl3N4O4S/c19-14-2-4-18(22-10-14)23-5-7-24(8-6-23)30(28,29)11-17(25(27)12-26)13-1-3-15(20)16(21)9-13/h1-4,9-10,12,17,27H,5-8,11H2. The summed E-state index contributed by atoms with van der Waals surface area (Å²) in [6, 6.07) is 6.81. The van der Waals surface area contributed by atoms with Crippen LogP contribution in [-0.2, 0) is 14.8 Å². The molecule has 3 rings (SSSR count). The summed E-state index contributed by atoms with van der Waals surface area (Å²) in [5.74, 6) is 0.215. The second kappa shape index (κ2) is 9.67. The molecule has 0 radical (unpaired) electrons. The number of hydrogen-bond acceptors (Lipinski definition) is 6. The van der Waals surface area contributed by atoms with Crippen LogP contribution in [0.2, 0.25) is 15.1 Å². The third-order valence-electron chi connectivity index (χ3n) is 4.79. The number of halogens is 3. The average Bonchev–Trinajstić information content (AvgIpc) is 2.74. The summed E-state index contributed by atoms with van der Waals surface area (Å²) in [5, 5.41) is 11.3. The van der Waals surface area contributed by atoms with Crippen LogP contribution >= 0.6 is 34.8 Å². The van der Waals surface area contributed by atoms with Gasteiger partial charge in [0, 0.05) is 32.4 Å². The Morgan fingerprint density at radius 1 is 1.10 bits per heavy atom. The van der Waals surface area contributed by atoms with E-state index < -0.39 is 21.8 Å². The van der Waals surface area contributed by atoms with E-state index in [2.05, 4.69) is 4.98 Å². The Kier molecular flexibility index (Phi) is 7.43. The molecule has 2 aromatic rings. The summed E-state index contributed by atoms with van der Waals surface area (Å²) in [6.07, 6.45) is 1.70. The Labute approximate surface area is 189 Å². The Bertz CT molecular complexity index is 999. The summed E-state index contributed by atoms with van der Waals surface area (Å²) < 4.78 is 27.3. The lowest BCUT2D eigenvalue weighted by molar-refractivity contribution is -0.158. The lowest BCUT2D eigenvalue weighted by Crippen LogP contribution is -2.50. The Hall–Kier alpha value is -1.62. The van der Waals surface area contributed by atoms with Gasteiger partial charge in [-0.3, -0.25) is 10.0 Å². The van der Waals surface area contributed by atoms with Gasteiger partial charge in [-0.2, -0.15) is 4.31 Å². The van der Waals surface area contributed by atoms with E-state index in [9.17, 15) is 18.4 Å². The fraction of sp³-hybridized carbons (Fsp3) is 0.333. The Morgan fingerprint density at radius 3 is 2.37 bits per heavy atom. The van der Waals surface area contributed by atoms with Crippen molar-refractivity contribution in [3.8, 4) is 0 Å². The second-order valence-corrected chi connectivity index (χ2v) is 9.94. The number of aromatic nitrogens is 1. The summed E-state index contributed by atoms with van der Waals surface area (Å²) in [6.45, 7) is 1.38. The molecule has 1 aliphatic heterocycles. The zero-order valence-corrected chi connectivity index (χ0v) is 18.7. The first kappa shape index (κ1) is 23.1. The minimum atomic E-state index is -3.79. The summed E-state index contributed by atoms with van der Waals surface area (Å²) >= 11 is 17.8. The molecule has 0 spiro atoms. The largest absolute Gasteiger partial charge is 0.354 e. The van der Waals surface area contributed by atoms with Gasteiger partial charge in [0.2, 0.25) is 16.4 Å². The van der Waals surface area contributed by atoms with Gasteiger partial charge in [-0.15, -0.1) is 0 Å². The quantitative estimate of drug-likeness (QED) is 0.362. The second-order valence-electron chi connectivity index (χ2n) is 6.67.